The molecule has 0 fully saturated rings. The molecule has 0 bridgehead atoms. The van der Waals surface area contributed by atoms with Crippen LogP contribution in [0.2, 0.25) is 0 Å². The van der Waals surface area contributed by atoms with Gasteiger partial charge in [0.1, 0.15) is 16.5 Å². The van der Waals surface area contributed by atoms with E-state index in [0.29, 0.717) is 17.1 Å². The molecule has 0 atom stereocenters. The maximum absolute atomic E-state index is 12.6. The van der Waals surface area contributed by atoms with Crippen molar-refractivity contribution in [3.8, 4) is 11.5 Å². The van der Waals surface area contributed by atoms with Gasteiger partial charge in [-0.15, -0.1) is 0 Å². The molecule has 128 valence electrons. The van der Waals surface area contributed by atoms with Gasteiger partial charge in [0.25, 0.3) is 0 Å². The van der Waals surface area contributed by atoms with Gasteiger partial charge in [0.2, 0.25) is 0 Å². The lowest BCUT2D eigenvalue weighted by Crippen LogP contribution is -2.06. The SMILES string of the molecule is COc1ccc(C(=O)CSc2nc3ccccc3nc2C)c(OC)c1. The van der Waals surface area contributed by atoms with Crippen LogP contribution in [0.3, 0.4) is 0 Å². The van der Waals surface area contributed by atoms with E-state index >= 15 is 0 Å². The Labute approximate surface area is 150 Å². The number of carbonyl (C=O) groups excluding carboxylic acids is 1. The zero-order chi connectivity index (χ0) is 17.8. The van der Waals surface area contributed by atoms with Crippen molar-refractivity contribution in [3.05, 3.63) is 53.7 Å². The standard InChI is InChI=1S/C19H18N2O3S/c1-12-19(21-16-7-5-4-6-15(16)20-12)25-11-17(22)14-9-8-13(23-2)10-18(14)24-3/h4-10H,11H2,1-3H3. The lowest BCUT2D eigenvalue weighted by atomic mass is 10.1. The first-order valence-corrected chi connectivity index (χ1v) is 8.72. The van der Waals surface area contributed by atoms with E-state index in [1.807, 2.05) is 31.2 Å². The smallest absolute Gasteiger partial charge is 0.176 e. The summed E-state index contributed by atoms with van der Waals surface area (Å²) in [4.78, 5) is 21.7. The molecule has 3 rings (SSSR count). The van der Waals surface area contributed by atoms with Crippen LogP contribution in [-0.4, -0.2) is 35.7 Å². The number of para-hydroxylation sites is 2. The summed E-state index contributed by atoms with van der Waals surface area (Å²) in [6.07, 6.45) is 0. The number of ether oxygens (including phenoxy) is 2. The number of methoxy groups -OCH3 is 2. The van der Waals surface area contributed by atoms with Crippen LogP contribution in [0, 0.1) is 6.92 Å². The molecule has 0 amide bonds. The zero-order valence-corrected chi connectivity index (χ0v) is 15.1. The molecule has 6 heteroatoms. The van der Waals surface area contributed by atoms with E-state index in [0.717, 1.165) is 21.8 Å². The van der Waals surface area contributed by atoms with Crippen LogP contribution in [0.15, 0.2) is 47.5 Å². The predicted molar refractivity (Wildman–Crippen MR) is 98.9 cm³/mol. The second kappa shape index (κ2) is 7.53. The van der Waals surface area contributed by atoms with E-state index in [-0.39, 0.29) is 11.5 Å². The van der Waals surface area contributed by atoms with Gasteiger partial charge in [-0.1, -0.05) is 23.9 Å². The van der Waals surface area contributed by atoms with Crippen molar-refractivity contribution >= 4 is 28.6 Å². The molecule has 2 aromatic carbocycles. The predicted octanol–water partition coefficient (Wildman–Crippen LogP) is 3.93. The van der Waals surface area contributed by atoms with E-state index in [1.54, 1.807) is 25.3 Å². The molecule has 0 N–H and O–H groups in total. The molecule has 1 heterocycles. The highest BCUT2D eigenvalue weighted by molar-refractivity contribution is 8.00. The first-order valence-electron chi connectivity index (χ1n) is 7.74. The summed E-state index contributed by atoms with van der Waals surface area (Å²) in [7, 11) is 3.12. The Morgan fingerprint density at radius 3 is 2.44 bits per heavy atom. The molecule has 0 saturated carbocycles. The summed E-state index contributed by atoms with van der Waals surface area (Å²) in [5, 5.41) is 0.763. The molecule has 0 spiro atoms. The summed E-state index contributed by atoms with van der Waals surface area (Å²) in [5.74, 6) is 1.39. The Balaban J connectivity index is 1.79. The summed E-state index contributed by atoms with van der Waals surface area (Å²) >= 11 is 1.38. The average molecular weight is 354 g/mol. The monoisotopic (exact) mass is 354 g/mol. The molecule has 0 aliphatic carbocycles. The maximum Gasteiger partial charge on any atom is 0.176 e. The molecule has 3 aromatic rings. The lowest BCUT2D eigenvalue weighted by Gasteiger charge is -2.10. The number of carbonyl (C=O) groups is 1. The molecular weight excluding hydrogens is 336 g/mol. The second-order valence-corrected chi connectivity index (χ2v) is 6.34. The van der Waals surface area contributed by atoms with Crippen LogP contribution < -0.4 is 9.47 Å². The number of nitrogens with zero attached hydrogens (tertiary/aromatic N) is 2. The van der Waals surface area contributed by atoms with Gasteiger partial charge >= 0.3 is 0 Å². The number of thioether (sulfide) groups is 1. The molecule has 25 heavy (non-hydrogen) atoms. The number of ketones is 1. The van der Waals surface area contributed by atoms with Crippen molar-refractivity contribution in [3.63, 3.8) is 0 Å². The summed E-state index contributed by atoms with van der Waals surface area (Å²) in [5.41, 5.74) is 3.03. The molecule has 5 nitrogen and oxygen atoms in total. The third-order valence-corrected chi connectivity index (χ3v) is 4.82. The topological polar surface area (TPSA) is 61.3 Å². The van der Waals surface area contributed by atoms with Crippen LogP contribution >= 0.6 is 11.8 Å². The highest BCUT2D eigenvalue weighted by atomic mass is 32.2. The van der Waals surface area contributed by atoms with Crippen molar-refractivity contribution in [2.24, 2.45) is 0 Å². The van der Waals surface area contributed by atoms with Gasteiger partial charge < -0.3 is 9.47 Å². The highest BCUT2D eigenvalue weighted by Crippen LogP contribution is 2.28. The van der Waals surface area contributed by atoms with Crippen LogP contribution in [0.4, 0.5) is 0 Å². The van der Waals surface area contributed by atoms with Gasteiger partial charge in [-0.2, -0.15) is 0 Å². The normalized spacial score (nSPS) is 10.7. The largest absolute Gasteiger partial charge is 0.497 e. The third kappa shape index (κ3) is 3.74. The van der Waals surface area contributed by atoms with E-state index in [2.05, 4.69) is 9.97 Å². The average Bonchev–Trinajstić information content (AvgIpc) is 2.65. The maximum atomic E-state index is 12.6. The minimum absolute atomic E-state index is 0.0288. The molecule has 1 aromatic heterocycles. The van der Waals surface area contributed by atoms with Crippen molar-refractivity contribution < 1.29 is 14.3 Å². The first-order chi connectivity index (χ1) is 12.1. The van der Waals surface area contributed by atoms with Crippen molar-refractivity contribution in [2.75, 3.05) is 20.0 Å². The van der Waals surface area contributed by atoms with Crippen LogP contribution in [-0.2, 0) is 0 Å². The first kappa shape index (κ1) is 17.2. The highest BCUT2D eigenvalue weighted by Gasteiger charge is 2.15. The zero-order valence-electron chi connectivity index (χ0n) is 14.3. The number of hydrogen-bond acceptors (Lipinski definition) is 6. The molecule has 0 aliphatic rings. The number of aromatic nitrogens is 2. The number of benzene rings is 2. The van der Waals surface area contributed by atoms with Crippen LogP contribution in [0.5, 0.6) is 11.5 Å². The Morgan fingerprint density at radius 1 is 1.04 bits per heavy atom. The number of Topliss-reactive ketones (excluding diaryl/α,β-unsaturated/α-hetero) is 1. The van der Waals surface area contributed by atoms with E-state index < -0.39 is 0 Å². The van der Waals surface area contributed by atoms with Gasteiger partial charge in [0.05, 0.1) is 42.3 Å². The minimum atomic E-state index is -0.0288. The Morgan fingerprint density at radius 2 is 1.76 bits per heavy atom. The Kier molecular flexibility index (Phi) is 5.19. The lowest BCUT2D eigenvalue weighted by molar-refractivity contribution is 0.101. The molecule has 0 aliphatic heterocycles. The van der Waals surface area contributed by atoms with Crippen molar-refractivity contribution in [1.82, 2.24) is 9.97 Å². The quantitative estimate of drug-likeness (QED) is 0.494. The van der Waals surface area contributed by atoms with E-state index in [4.69, 9.17) is 9.47 Å². The Hall–Kier alpha value is -2.60. The third-order valence-electron chi connectivity index (χ3n) is 3.75. The Bertz CT molecular complexity index is 928. The fraction of sp³-hybridized carbons (Fsp3) is 0.211. The summed E-state index contributed by atoms with van der Waals surface area (Å²) < 4.78 is 10.5. The van der Waals surface area contributed by atoms with E-state index in [9.17, 15) is 4.79 Å². The molecule has 0 radical (unpaired) electrons. The van der Waals surface area contributed by atoms with Gasteiger partial charge in [-0.25, -0.2) is 9.97 Å². The number of hydrogen-bond donors (Lipinski definition) is 0. The van der Waals surface area contributed by atoms with Crippen molar-refractivity contribution in [2.45, 2.75) is 11.9 Å². The fourth-order valence-electron chi connectivity index (χ4n) is 2.45. The number of fused-ring (bicyclic) bond motifs is 1. The van der Waals surface area contributed by atoms with Gasteiger partial charge in [-0.3, -0.25) is 4.79 Å². The van der Waals surface area contributed by atoms with Gasteiger partial charge in [0, 0.05) is 6.07 Å². The van der Waals surface area contributed by atoms with Crippen LogP contribution in [0.1, 0.15) is 16.1 Å². The van der Waals surface area contributed by atoms with Crippen LogP contribution in [0.25, 0.3) is 11.0 Å². The van der Waals surface area contributed by atoms with Gasteiger partial charge in [-0.05, 0) is 31.2 Å². The number of aryl methyl sites for hydroxylation is 1. The molecule has 0 unspecified atom stereocenters. The second-order valence-electron chi connectivity index (χ2n) is 5.38. The summed E-state index contributed by atoms with van der Waals surface area (Å²) in [6, 6.07) is 12.9. The molecular formula is C19H18N2O3S. The molecule has 0 saturated heterocycles. The fourth-order valence-corrected chi connectivity index (χ4v) is 3.29. The number of rotatable bonds is 6. The minimum Gasteiger partial charge on any atom is -0.497 e. The van der Waals surface area contributed by atoms with E-state index in [1.165, 1.54) is 18.9 Å². The van der Waals surface area contributed by atoms with Crippen molar-refractivity contribution in [1.29, 1.82) is 0 Å². The van der Waals surface area contributed by atoms with Gasteiger partial charge in [0.15, 0.2) is 5.78 Å². The summed E-state index contributed by atoms with van der Waals surface area (Å²) in [6.45, 7) is 1.90.